The Morgan fingerprint density at radius 2 is 2.21 bits per heavy atom. The van der Waals surface area contributed by atoms with Gasteiger partial charge in [0, 0.05) is 0 Å². The zero-order chi connectivity index (χ0) is 13.8. The molecule has 104 valence electrons. The third-order valence-corrected chi connectivity index (χ3v) is 4.10. The lowest BCUT2D eigenvalue weighted by Gasteiger charge is -2.27. The molecule has 0 heterocycles. The van der Waals surface area contributed by atoms with Crippen LogP contribution < -0.4 is 5.73 Å². The molecule has 1 aromatic rings. The highest BCUT2D eigenvalue weighted by Crippen LogP contribution is 2.32. The summed E-state index contributed by atoms with van der Waals surface area (Å²) in [6, 6.07) is 7.69. The van der Waals surface area contributed by atoms with Crippen molar-refractivity contribution in [1.29, 1.82) is 0 Å². The van der Waals surface area contributed by atoms with E-state index in [2.05, 4.69) is 12.1 Å². The van der Waals surface area contributed by atoms with Crippen molar-refractivity contribution in [2.75, 3.05) is 0 Å². The maximum atomic E-state index is 12.1. The van der Waals surface area contributed by atoms with Crippen molar-refractivity contribution in [3.05, 3.63) is 35.4 Å². The molecule has 0 aromatic heterocycles. The number of hydrogen-bond donors (Lipinski definition) is 1. The van der Waals surface area contributed by atoms with E-state index in [1.807, 2.05) is 26.0 Å². The Labute approximate surface area is 115 Å². The Kier molecular flexibility index (Phi) is 4.59. The lowest BCUT2D eigenvalue weighted by Crippen LogP contribution is -2.38. The number of esters is 1. The number of carbonyl (C=O) groups is 1. The summed E-state index contributed by atoms with van der Waals surface area (Å²) in [6.07, 6.45) is 3.80. The number of rotatable bonds is 4. The van der Waals surface area contributed by atoms with Crippen LogP contribution in [0.2, 0.25) is 0 Å². The average molecular weight is 261 g/mol. The van der Waals surface area contributed by atoms with Gasteiger partial charge in [0.05, 0.1) is 0 Å². The molecular weight excluding hydrogens is 238 g/mol. The Balaban J connectivity index is 2.06. The minimum absolute atomic E-state index is 0.118. The van der Waals surface area contributed by atoms with Gasteiger partial charge in [-0.15, -0.1) is 0 Å². The molecule has 0 amide bonds. The van der Waals surface area contributed by atoms with E-state index in [0.717, 1.165) is 31.2 Å². The standard InChI is InChI=1S/C16H23NO2/c1-3-11(2)15(17)16(18)19-14-10-6-8-12-7-4-5-9-13(12)14/h4-5,7,9,11,14-15H,3,6,8,10,17H2,1-2H3/t11-,14?,15-/m0/s1. The minimum Gasteiger partial charge on any atom is -0.456 e. The lowest BCUT2D eigenvalue weighted by molar-refractivity contribution is -0.153. The molecule has 2 N–H and O–H groups in total. The third kappa shape index (κ3) is 3.16. The number of aryl methyl sites for hydroxylation is 1. The van der Waals surface area contributed by atoms with Crippen LogP contribution in [0.25, 0.3) is 0 Å². The van der Waals surface area contributed by atoms with Crippen molar-refractivity contribution in [1.82, 2.24) is 0 Å². The summed E-state index contributed by atoms with van der Waals surface area (Å²) < 4.78 is 5.64. The molecule has 2 rings (SSSR count). The van der Waals surface area contributed by atoms with Crippen LogP contribution >= 0.6 is 0 Å². The predicted molar refractivity (Wildman–Crippen MR) is 75.6 cm³/mol. The number of carbonyl (C=O) groups excluding carboxylic acids is 1. The van der Waals surface area contributed by atoms with Gasteiger partial charge in [0.2, 0.25) is 0 Å². The fourth-order valence-corrected chi connectivity index (χ4v) is 2.54. The van der Waals surface area contributed by atoms with Gasteiger partial charge in [0.15, 0.2) is 0 Å². The van der Waals surface area contributed by atoms with Gasteiger partial charge in [-0.2, -0.15) is 0 Å². The van der Waals surface area contributed by atoms with Crippen molar-refractivity contribution in [2.24, 2.45) is 11.7 Å². The van der Waals surface area contributed by atoms with E-state index < -0.39 is 6.04 Å². The normalized spacial score (nSPS) is 21.3. The highest BCUT2D eigenvalue weighted by atomic mass is 16.5. The Morgan fingerprint density at radius 1 is 1.47 bits per heavy atom. The van der Waals surface area contributed by atoms with Crippen LogP contribution in [-0.2, 0) is 16.0 Å². The second-order valence-corrected chi connectivity index (χ2v) is 5.43. The van der Waals surface area contributed by atoms with Crippen molar-refractivity contribution in [3.63, 3.8) is 0 Å². The van der Waals surface area contributed by atoms with E-state index >= 15 is 0 Å². The molecule has 3 heteroatoms. The van der Waals surface area contributed by atoms with Crippen molar-refractivity contribution >= 4 is 5.97 Å². The molecular formula is C16H23NO2. The van der Waals surface area contributed by atoms with E-state index in [-0.39, 0.29) is 18.0 Å². The number of hydrogen-bond acceptors (Lipinski definition) is 3. The second-order valence-electron chi connectivity index (χ2n) is 5.43. The monoisotopic (exact) mass is 261 g/mol. The predicted octanol–water partition coefficient (Wildman–Crippen LogP) is 2.98. The van der Waals surface area contributed by atoms with Gasteiger partial charge in [-0.1, -0.05) is 44.5 Å². The van der Waals surface area contributed by atoms with Crippen LogP contribution in [0.3, 0.4) is 0 Å². The zero-order valence-electron chi connectivity index (χ0n) is 11.8. The molecule has 1 aliphatic rings. The Bertz CT molecular complexity index is 444. The molecule has 3 atom stereocenters. The van der Waals surface area contributed by atoms with Crippen LogP contribution in [-0.4, -0.2) is 12.0 Å². The van der Waals surface area contributed by atoms with Crippen molar-refractivity contribution in [3.8, 4) is 0 Å². The smallest absolute Gasteiger partial charge is 0.323 e. The Morgan fingerprint density at radius 3 is 2.95 bits per heavy atom. The van der Waals surface area contributed by atoms with Gasteiger partial charge in [0.25, 0.3) is 0 Å². The van der Waals surface area contributed by atoms with Crippen molar-refractivity contribution in [2.45, 2.75) is 51.7 Å². The van der Waals surface area contributed by atoms with Gasteiger partial charge < -0.3 is 10.5 Å². The van der Waals surface area contributed by atoms with Crippen LogP contribution in [0.15, 0.2) is 24.3 Å². The average Bonchev–Trinajstić information content (AvgIpc) is 2.46. The van der Waals surface area contributed by atoms with E-state index in [4.69, 9.17) is 10.5 Å². The maximum Gasteiger partial charge on any atom is 0.323 e. The summed E-state index contributed by atoms with van der Waals surface area (Å²) in [5.41, 5.74) is 8.38. The first-order valence-corrected chi connectivity index (χ1v) is 7.17. The third-order valence-electron chi connectivity index (χ3n) is 4.10. The van der Waals surface area contributed by atoms with Gasteiger partial charge in [-0.05, 0) is 36.3 Å². The molecule has 0 bridgehead atoms. The van der Waals surface area contributed by atoms with Crippen LogP contribution in [0, 0.1) is 5.92 Å². The molecule has 1 aromatic carbocycles. The molecule has 0 fully saturated rings. The van der Waals surface area contributed by atoms with Gasteiger partial charge in [-0.25, -0.2) is 0 Å². The molecule has 0 aliphatic heterocycles. The highest BCUT2D eigenvalue weighted by Gasteiger charge is 2.27. The SMILES string of the molecule is CC[C@H](C)[C@H](N)C(=O)OC1CCCc2ccccc21. The van der Waals surface area contributed by atoms with Crippen LogP contribution in [0.1, 0.15) is 50.3 Å². The topological polar surface area (TPSA) is 52.3 Å². The van der Waals surface area contributed by atoms with E-state index in [9.17, 15) is 4.79 Å². The molecule has 1 unspecified atom stereocenters. The first-order valence-electron chi connectivity index (χ1n) is 7.17. The Hall–Kier alpha value is -1.35. The minimum atomic E-state index is -0.515. The number of fused-ring (bicyclic) bond motifs is 1. The highest BCUT2D eigenvalue weighted by molar-refractivity contribution is 5.76. The fourth-order valence-electron chi connectivity index (χ4n) is 2.54. The zero-order valence-corrected chi connectivity index (χ0v) is 11.8. The van der Waals surface area contributed by atoms with Gasteiger partial charge >= 0.3 is 5.97 Å². The number of benzene rings is 1. The number of nitrogens with two attached hydrogens (primary N) is 1. The first-order chi connectivity index (χ1) is 9.13. The second kappa shape index (κ2) is 6.20. The van der Waals surface area contributed by atoms with Gasteiger partial charge in [-0.3, -0.25) is 4.79 Å². The van der Waals surface area contributed by atoms with E-state index in [1.165, 1.54) is 5.56 Å². The molecule has 0 saturated carbocycles. The summed E-state index contributed by atoms with van der Waals surface area (Å²) in [6.45, 7) is 4.02. The summed E-state index contributed by atoms with van der Waals surface area (Å²) in [7, 11) is 0. The lowest BCUT2D eigenvalue weighted by atomic mass is 9.89. The first kappa shape index (κ1) is 14.1. The largest absolute Gasteiger partial charge is 0.456 e. The molecule has 1 aliphatic carbocycles. The summed E-state index contributed by atoms with van der Waals surface area (Å²) in [5.74, 6) is -0.109. The summed E-state index contributed by atoms with van der Waals surface area (Å²) in [4.78, 5) is 12.1. The molecule has 0 saturated heterocycles. The van der Waals surface area contributed by atoms with Gasteiger partial charge in [0.1, 0.15) is 12.1 Å². The summed E-state index contributed by atoms with van der Waals surface area (Å²) >= 11 is 0. The number of ether oxygens (including phenoxy) is 1. The maximum absolute atomic E-state index is 12.1. The fraction of sp³-hybridized carbons (Fsp3) is 0.562. The van der Waals surface area contributed by atoms with Crippen molar-refractivity contribution < 1.29 is 9.53 Å². The van der Waals surface area contributed by atoms with E-state index in [1.54, 1.807) is 0 Å². The molecule has 3 nitrogen and oxygen atoms in total. The van der Waals surface area contributed by atoms with E-state index in [0.29, 0.717) is 0 Å². The summed E-state index contributed by atoms with van der Waals surface area (Å²) in [5, 5.41) is 0. The molecule has 0 radical (unpaired) electrons. The molecule has 0 spiro atoms. The molecule has 19 heavy (non-hydrogen) atoms. The quantitative estimate of drug-likeness (QED) is 0.848. The van der Waals surface area contributed by atoms with Crippen LogP contribution in [0.5, 0.6) is 0 Å². The van der Waals surface area contributed by atoms with Crippen LogP contribution in [0.4, 0.5) is 0 Å².